The summed E-state index contributed by atoms with van der Waals surface area (Å²) in [6, 6.07) is 20.0. The van der Waals surface area contributed by atoms with Gasteiger partial charge in [-0.25, -0.2) is 13.1 Å². The number of anilines is 1. The highest BCUT2D eigenvalue weighted by molar-refractivity contribution is 7.89. The Kier molecular flexibility index (Phi) is 6.66. The minimum atomic E-state index is -3.81. The van der Waals surface area contributed by atoms with Crippen LogP contribution >= 0.6 is 0 Å². The van der Waals surface area contributed by atoms with Crippen LogP contribution < -0.4 is 14.8 Å². The zero-order valence-corrected chi connectivity index (χ0v) is 19.3. The number of amides is 1. The molecule has 0 aliphatic rings. The Morgan fingerprint density at radius 3 is 2.53 bits per heavy atom. The monoisotopic (exact) mass is 478 g/mol. The summed E-state index contributed by atoms with van der Waals surface area (Å²) in [7, 11) is -2.29. The van der Waals surface area contributed by atoms with Gasteiger partial charge in [-0.05, 0) is 59.3 Å². The summed E-state index contributed by atoms with van der Waals surface area (Å²) in [6.45, 7) is 1.88. The van der Waals surface area contributed by atoms with Gasteiger partial charge in [0, 0.05) is 17.8 Å². The van der Waals surface area contributed by atoms with E-state index < -0.39 is 15.9 Å². The van der Waals surface area contributed by atoms with Gasteiger partial charge < -0.3 is 10.1 Å². The number of nitrogens with one attached hydrogen (secondary N) is 2. The van der Waals surface area contributed by atoms with Crippen LogP contribution in [0.1, 0.15) is 21.7 Å². The second kappa shape index (κ2) is 9.81. The molecule has 0 aliphatic heterocycles. The highest BCUT2D eigenvalue weighted by Crippen LogP contribution is 2.26. The minimum absolute atomic E-state index is 0.00387. The first kappa shape index (κ1) is 23.1. The van der Waals surface area contributed by atoms with E-state index in [2.05, 4.69) is 25.6 Å². The fraction of sp³-hybridized carbons (Fsp3) is 0.130. The summed E-state index contributed by atoms with van der Waals surface area (Å²) in [5, 5.41) is 14.2. The first-order valence-electron chi connectivity index (χ1n) is 10.3. The van der Waals surface area contributed by atoms with Crippen molar-refractivity contribution in [3.05, 3.63) is 89.7 Å². The molecule has 0 saturated heterocycles. The lowest BCUT2D eigenvalue weighted by Crippen LogP contribution is -2.23. The standard InChI is InChI=1S/C23H22N6O4S/c1-16-26-27-28-29(16)21-14-19(11-12-22(21)33-2)25-23(30)18-9-6-10-20(13-18)34(31,32)24-15-17-7-4-3-5-8-17/h3-14,24H,15H2,1-2H3,(H,25,30). The molecule has 174 valence electrons. The molecule has 1 aromatic heterocycles. The lowest BCUT2D eigenvalue weighted by molar-refractivity contribution is 0.102. The van der Waals surface area contributed by atoms with Crippen molar-refractivity contribution in [1.29, 1.82) is 0 Å². The zero-order valence-electron chi connectivity index (χ0n) is 18.5. The van der Waals surface area contributed by atoms with E-state index >= 15 is 0 Å². The van der Waals surface area contributed by atoms with Crippen LogP contribution in [-0.2, 0) is 16.6 Å². The molecule has 11 heteroatoms. The maximum atomic E-state index is 12.9. The van der Waals surface area contributed by atoms with Gasteiger partial charge in [-0.3, -0.25) is 4.79 Å². The van der Waals surface area contributed by atoms with Crippen LogP contribution in [0, 0.1) is 6.92 Å². The number of carbonyl (C=O) groups is 1. The number of aromatic nitrogens is 4. The average molecular weight is 479 g/mol. The third-order valence-corrected chi connectivity index (χ3v) is 6.40. The molecule has 2 N–H and O–H groups in total. The highest BCUT2D eigenvalue weighted by Gasteiger charge is 2.17. The normalized spacial score (nSPS) is 11.2. The molecule has 3 aromatic carbocycles. The van der Waals surface area contributed by atoms with Crippen molar-refractivity contribution in [3.63, 3.8) is 0 Å². The van der Waals surface area contributed by atoms with E-state index in [1.807, 2.05) is 30.3 Å². The Hall–Kier alpha value is -4.09. The number of sulfonamides is 1. The third-order valence-electron chi connectivity index (χ3n) is 5.01. The second-order valence-electron chi connectivity index (χ2n) is 7.32. The average Bonchev–Trinajstić information content (AvgIpc) is 3.29. The molecule has 1 heterocycles. The van der Waals surface area contributed by atoms with Crippen molar-refractivity contribution in [3.8, 4) is 11.4 Å². The number of ether oxygens (including phenoxy) is 1. The highest BCUT2D eigenvalue weighted by atomic mass is 32.2. The van der Waals surface area contributed by atoms with Crippen molar-refractivity contribution in [2.75, 3.05) is 12.4 Å². The van der Waals surface area contributed by atoms with Crippen LogP contribution in [0.15, 0.2) is 77.7 Å². The van der Waals surface area contributed by atoms with Crippen LogP contribution in [0.25, 0.3) is 5.69 Å². The van der Waals surface area contributed by atoms with Crippen LogP contribution in [-0.4, -0.2) is 41.6 Å². The van der Waals surface area contributed by atoms with Gasteiger partial charge in [0.05, 0.1) is 12.0 Å². The molecule has 0 saturated carbocycles. The second-order valence-corrected chi connectivity index (χ2v) is 9.08. The number of benzene rings is 3. The smallest absolute Gasteiger partial charge is 0.255 e. The molecule has 0 spiro atoms. The number of hydrogen-bond donors (Lipinski definition) is 2. The van der Waals surface area contributed by atoms with Crippen LogP contribution in [0.5, 0.6) is 5.75 Å². The summed E-state index contributed by atoms with van der Waals surface area (Å²) in [4.78, 5) is 12.9. The lowest BCUT2D eigenvalue weighted by atomic mass is 10.2. The Balaban J connectivity index is 1.53. The molecule has 0 bridgehead atoms. The largest absolute Gasteiger partial charge is 0.494 e. The van der Waals surface area contributed by atoms with Gasteiger partial charge >= 0.3 is 0 Å². The topological polar surface area (TPSA) is 128 Å². The Bertz CT molecular complexity index is 1420. The Morgan fingerprint density at radius 2 is 1.82 bits per heavy atom. The zero-order chi connectivity index (χ0) is 24.1. The van der Waals surface area contributed by atoms with E-state index in [-0.39, 0.29) is 17.0 Å². The first-order chi connectivity index (χ1) is 16.4. The van der Waals surface area contributed by atoms with Crippen LogP contribution in [0.3, 0.4) is 0 Å². The van der Waals surface area contributed by atoms with Crippen LogP contribution in [0.2, 0.25) is 0 Å². The van der Waals surface area contributed by atoms with Crippen molar-refractivity contribution >= 4 is 21.6 Å². The number of aryl methyl sites for hydroxylation is 1. The van der Waals surface area contributed by atoms with E-state index in [1.54, 1.807) is 31.2 Å². The first-order valence-corrected chi connectivity index (χ1v) is 11.7. The van der Waals surface area contributed by atoms with Gasteiger partial charge in [0.25, 0.3) is 5.91 Å². The number of carbonyl (C=O) groups excluding carboxylic acids is 1. The molecule has 0 fully saturated rings. The molecule has 0 aliphatic carbocycles. The van der Waals surface area contributed by atoms with E-state index in [1.165, 1.54) is 30.0 Å². The van der Waals surface area contributed by atoms with Crippen LogP contribution in [0.4, 0.5) is 5.69 Å². The van der Waals surface area contributed by atoms with Crippen molar-refractivity contribution in [2.45, 2.75) is 18.4 Å². The molecule has 10 nitrogen and oxygen atoms in total. The Labute approximate surface area is 196 Å². The molecule has 4 aromatic rings. The fourth-order valence-electron chi connectivity index (χ4n) is 3.25. The summed E-state index contributed by atoms with van der Waals surface area (Å²) in [5.41, 5.74) is 2.03. The SMILES string of the molecule is COc1ccc(NC(=O)c2cccc(S(=O)(=O)NCc3ccccc3)c2)cc1-n1nnnc1C. The number of rotatable bonds is 8. The number of tetrazole rings is 1. The minimum Gasteiger partial charge on any atom is -0.494 e. The van der Waals surface area contributed by atoms with Gasteiger partial charge in [-0.2, -0.15) is 4.68 Å². The van der Waals surface area contributed by atoms with Crippen molar-refractivity contribution in [2.24, 2.45) is 0 Å². The predicted octanol–water partition coefficient (Wildman–Crippen LogP) is 2.71. The number of methoxy groups -OCH3 is 1. The molecular formula is C23H22N6O4S. The third kappa shape index (κ3) is 5.11. The molecule has 0 atom stereocenters. The molecule has 0 unspecified atom stereocenters. The van der Waals surface area contributed by atoms with E-state index in [0.29, 0.717) is 22.9 Å². The molecular weight excluding hydrogens is 456 g/mol. The molecule has 34 heavy (non-hydrogen) atoms. The van der Waals surface area contributed by atoms with Crippen molar-refractivity contribution < 1.29 is 17.9 Å². The van der Waals surface area contributed by atoms with Gasteiger partial charge in [-0.15, -0.1) is 5.10 Å². The van der Waals surface area contributed by atoms with Crippen molar-refractivity contribution in [1.82, 2.24) is 24.9 Å². The van der Waals surface area contributed by atoms with E-state index in [0.717, 1.165) is 5.56 Å². The quantitative estimate of drug-likeness (QED) is 0.398. The number of nitrogens with zero attached hydrogens (tertiary/aromatic N) is 4. The van der Waals surface area contributed by atoms with Gasteiger partial charge in [0.2, 0.25) is 10.0 Å². The number of hydrogen-bond acceptors (Lipinski definition) is 7. The predicted molar refractivity (Wildman–Crippen MR) is 125 cm³/mol. The summed E-state index contributed by atoms with van der Waals surface area (Å²) >= 11 is 0. The van der Waals surface area contributed by atoms with Gasteiger partial charge in [0.1, 0.15) is 11.4 Å². The maximum absolute atomic E-state index is 12.9. The molecule has 0 radical (unpaired) electrons. The summed E-state index contributed by atoms with van der Waals surface area (Å²) in [6.07, 6.45) is 0. The summed E-state index contributed by atoms with van der Waals surface area (Å²) < 4.78 is 34.9. The molecule has 4 rings (SSSR count). The summed E-state index contributed by atoms with van der Waals surface area (Å²) in [5.74, 6) is 0.596. The maximum Gasteiger partial charge on any atom is 0.255 e. The lowest BCUT2D eigenvalue weighted by Gasteiger charge is -2.12. The van der Waals surface area contributed by atoms with E-state index in [4.69, 9.17) is 4.74 Å². The van der Waals surface area contributed by atoms with Gasteiger partial charge in [-0.1, -0.05) is 36.4 Å². The van der Waals surface area contributed by atoms with E-state index in [9.17, 15) is 13.2 Å². The van der Waals surface area contributed by atoms with Gasteiger partial charge in [0.15, 0.2) is 5.82 Å². The molecule has 1 amide bonds. The Morgan fingerprint density at radius 1 is 1.03 bits per heavy atom. The fourth-order valence-corrected chi connectivity index (χ4v) is 4.32.